The second kappa shape index (κ2) is 6.42. The number of likely N-dealkylation sites (tertiary alicyclic amines) is 1. The Morgan fingerprint density at radius 2 is 1.84 bits per heavy atom. The molecule has 0 aromatic heterocycles. The first kappa shape index (κ1) is 15.1. The van der Waals surface area contributed by atoms with Crippen LogP contribution in [0.25, 0.3) is 0 Å². The van der Waals surface area contributed by atoms with Crippen molar-refractivity contribution in [2.24, 2.45) is 5.41 Å². The minimum absolute atomic E-state index is 0. The van der Waals surface area contributed by atoms with Crippen molar-refractivity contribution >= 4 is 18.3 Å². The summed E-state index contributed by atoms with van der Waals surface area (Å²) in [6, 6.07) is 0. The van der Waals surface area contributed by atoms with E-state index in [2.05, 4.69) is 5.32 Å². The van der Waals surface area contributed by atoms with Gasteiger partial charge in [0.15, 0.2) is 0 Å². The van der Waals surface area contributed by atoms with Crippen molar-refractivity contribution in [2.45, 2.75) is 44.6 Å². The summed E-state index contributed by atoms with van der Waals surface area (Å²) >= 11 is 0. The van der Waals surface area contributed by atoms with Crippen molar-refractivity contribution in [1.29, 1.82) is 0 Å². The fraction of sp³-hybridized carbons (Fsp3) is 0.929. The monoisotopic (exact) mass is 288 g/mol. The largest absolute Gasteiger partial charge is 0.368 e. The van der Waals surface area contributed by atoms with Gasteiger partial charge in [0.2, 0.25) is 0 Å². The van der Waals surface area contributed by atoms with E-state index in [1.54, 1.807) is 0 Å². The van der Waals surface area contributed by atoms with Gasteiger partial charge in [0.1, 0.15) is 6.10 Å². The fourth-order valence-electron chi connectivity index (χ4n) is 3.63. The minimum atomic E-state index is -0.132. The van der Waals surface area contributed by atoms with E-state index in [0.29, 0.717) is 5.41 Å². The molecule has 0 radical (unpaired) electrons. The van der Waals surface area contributed by atoms with Crippen LogP contribution in [-0.2, 0) is 9.53 Å². The first-order chi connectivity index (χ1) is 8.79. The Balaban J connectivity index is 0.00000133. The number of piperidine rings is 2. The zero-order valence-electron chi connectivity index (χ0n) is 11.5. The topological polar surface area (TPSA) is 41.6 Å². The highest BCUT2D eigenvalue weighted by atomic mass is 35.5. The molecular formula is C14H25ClN2O2. The molecule has 0 aromatic carbocycles. The summed E-state index contributed by atoms with van der Waals surface area (Å²) in [7, 11) is 0. The van der Waals surface area contributed by atoms with Gasteiger partial charge in [0.05, 0.1) is 0 Å². The summed E-state index contributed by atoms with van der Waals surface area (Å²) in [5.74, 6) is 0.247. The Hall–Kier alpha value is -0.320. The summed E-state index contributed by atoms with van der Waals surface area (Å²) < 4.78 is 5.50. The van der Waals surface area contributed by atoms with Crippen LogP contribution in [0.5, 0.6) is 0 Å². The van der Waals surface area contributed by atoms with E-state index in [0.717, 1.165) is 45.6 Å². The van der Waals surface area contributed by atoms with E-state index in [-0.39, 0.29) is 24.4 Å². The summed E-state index contributed by atoms with van der Waals surface area (Å²) in [6.45, 7) is 4.95. The van der Waals surface area contributed by atoms with Gasteiger partial charge < -0.3 is 15.0 Å². The van der Waals surface area contributed by atoms with Gasteiger partial charge in [-0.1, -0.05) is 0 Å². The van der Waals surface area contributed by atoms with Crippen LogP contribution in [0.2, 0.25) is 0 Å². The van der Waals surface area contributed by atoms with Crippen molar-refractivity contribution in [3.63, 3.8) is 0 Å². The van der Waals surface area contributed by atoms with Crippen molar-refractivity contribution in [3.8, 4) is 0 Å². The van der Waals surface area contributed by atoms with Crippen LogP contribution in [0.15, 0.2) is 0 Å². The molecule has 3 aliphatic rings. The molecule has 3 fully saturated rings. The molecule has 1 atom stereocenters. The molecule has 1 N–H and O–H groups in total. The van der Waals surface area contributed by atoms with Crippen LogP contribution in [0.1, 0.15) is 38.5 Å². The molecule has 1 spiro atoms. The van der Waals surface area contributed by atoms with Crippen LogP contribution in [0, 0.1) is 5.41 Å². The molecule has 1 amide bonds. The van der Waals surface area contributed by atoms with E-state index < -0.39 is 0 Å². The number of hydrogen-bond acceptors (Lipinski definition) is 3. The smallest absolute Gasteiger partial charge is 0.251 e. The third-order valence-corrected chi connectivity index (χ3v) is 5.01. The van der Waals surface area contributed by atoms with Gasteiger partial charge in [-0.25, -0.2) is 0 Å². The van der Waals surface area contributed by atoms with E-state index in [1.807, 2.05) is 4.90 Å². The molecule has 3 heterocycles. The highest BCUT2D eigenvalue weighted by Gasteiger charge is 2.38. The molecule has 0 saturated carbocycles. The molecule has 1 unspecified atom stereocenters. The van der Waals surface area contributed by atoms with Crippen LogP contribution < -0.4 is 5.32 Å². The van der Waals surface area contributed by atoms with Crippen molar-refractivity contribution in [1.82, 2.24) is 10.2 Å². The normalized spacial score (nSPS) is 30.1. The Kier molecular flexibility index (Phi) is 5.09. The van der Waals surface area contributed by atoms with Gasteiger partial charge >= 0.3 is 0 Å². The maximum absolute atomic E-state index is 12.3. The number of carbonyl (C=O) groups is 1. The maximum Gasteiger partial charge on any atom is 0.251 e. The lowest BCUT2D eigenvalue weighted by Gasteiger charge is -2.44. The third kappa shape index (κ3) is 3.23. The molecule has 0 bridgehead atoms. The maximum atomic E-state index is 12.3. The lowest BCUT2D eigenvalue weighted by Crippen LogP contribution is -2.49. The molecule has 4 nitrogen and oxygen atoms in total. The Morgan fingerprint density at radius 1 is 1.16 bits per heavy atom. The van der Waals surface area contributed by atoms with Crippen molar-refractivity contribution < 1.29 is 9.53 Å². The Morgan fingerprint density at radius 3 is 2.42 bits per heavy atom. The second-order valence-corrected chi connectivity index (χ2v) is 6.08. The van der Waals surface area contributed by atoms with E-state index >= 15 is 0 Å². The SMILES string of the molecule is Cl.O=C(C1CCCO1)N1CCC2(CCNCC2)CC1. The molecular weight excluding hydrogens is 264 g/mol. The van der Waals surface area contributed by atoms with E-state index in [1.165, 1.54) is 25.7 Å². The number of carbonyl (C=O) groups excluding carboxylic acids is 1. The first-order valence-electron chi connectivity index (χ1n) is 7.40. The number of amides is 1. The lowest BCUT2D eigenvalue weighted by atomic mass is 9.71. The minimum Gasteiger partial charge on any atom is -0.368 e. The summed E-state index contributed by atoms with van der Waals surface area (Å²) in [5.41, 5.74) is 0.526. The Bertz CT molecular complexity index is 303. The predicted molar refractivity (Wildman–Crippen MR) is 76.6 cm³/mol. The van der Waals surface area contributed by atoms with Crippen LogP contribution in [0.4, 0.5) is 0 Å². The second-order valence-electron chi connectivity index (χ2n) is 6.08. The standard InChI is InChI=1S/C14H24N2O2.ClH/c17-13(12-2-1-11-18-12)16-9-5-14(6-10-16)3-7-15-8-4-14;/h12,15H,1-11H2;1H. The number of ether oxygens (including phenoxy) is 1. The van der Waals surface area contributed by atoms with Crippen LogP contribution >= 0.6 is 12.4 Å². The van der Waals surface area contributed by atoms with Gasteiger partial charge in [0, 0.05) is 19.7 Å². The quantitative estimate of drug-likeness (QED) is 0.796. The van der Waals surface area contributed by atoms with Gasteiger partial charge in [0.25, 0.3) is 5.91 Å². The average molecular weight is 289 g/mol. The molecule has 110 valence electrons. The molecule has 5 heteroatoms. The van der Waals surface area contributed by atoms with Gasteiger partial charge in [-0.15, -0.1) is 12.4 Å². The lowest BCUT2D eigenvalue weighted by molar-refractivity contribution is -0.143. The number of rotatable bonds is 1. The third-order valence-electron chi connectivity index (χ3n) is 5.01. The average Bonchev–Trinajstić information content (AvgIpc) is 2.94. The summed E-state index contributed by atoms with van der Waals surface area (Å²) in [5, 5.41) is 3.43. The first-order valence-corrected chi connectivity index (χ1v) is 7.40. The number of hydrogen-bond donors (Lipinski definition) is 1. The molecule has 19 heavy (non-hydrogen) atoms. The summed E-state index contributed by atoms with van der Waals surface area (Å²) in [4.78, 5) is 14.3. The van der Waals surface area contributed by atoms with Gasteiger partial charge in [-0.05, 0) is 57.0 Å². The van der Waals surface area contributed by atoms with Gasteiger partial charge in [-0.3, -0.25) is 4.79 Å². The van der Waals surface area contributed by atoms with Crippen LogP contribution in [0.3, 0.4) is 0 Å². The number of halogens is 1. The highest BCUT2D eigenvalue weighted by molar-refractivity contribution is 5.85. The molecule has 0 aromatic rings. The van der Waals surface area contributed by atoms with Gasteiger partial charge in [-0.2, -0.15) is 0 Å². The number of nitrogens with one attached hydrogen (secondary N) is 1. The van der Waals surface area contributed by atoms with Crippen molar-refractivity contribution in [2.75, 3.05) is 32.8 Å². The highest BCUT2D eigenvalue weighted by Crippen LogP contribution is 2.39. The zero-order chi connectivity index (χ0) is 12.4. The summed E-state index contributed by atoms with van der Waals surface area (Å²) in [6.07, 6.45) is 6.78. The molecule has 3 rings (SSSR count). The molecule has 3 saturated heterocycles. The van der Waals surface area contributed by atoms with Crippen LogP contribution in [-0.4, -0.2) is 49.7 Å². The zero-order valence-corrected chi connectivity index (χ0v) is 12.3. The van der Waals surface area contributed by atoms with Crippen molar-refractivity contribution in [3.05, 3.63) is 0 Å². The molecule has 0 aliphatic carbocycles. The van der Waals surface area contributed by atoms with E-state index in [9.17, 15) is 4.79 Å². The molecule has 3 aliphatic heterocycles. The Labute approximate surface area is 121 Å². The number of nitrogens with zero attached hydrogens (tertiary/aromatic N) is 1. The fourth-order valence-corrected chi connectivity index (χ4v) is 3.63. The predicted octanol–water partition coefficient (Wildman–Crippen LogP) is 1.58. The van der Waals surface area contributed by atoms with E-state index in [4.69, 9.17) is 4.74 Å².